The molecule has 4 aliphatic rings. The first kappa shape index (κ1) is 28.1. The monoisotopic (exact) mass is 562 g/mol. The Kier molecular flexibility index (Phi) is 8.55. The fourth-order valence-corrected chi connectivity index (χ4v) is 9.20. The van der Waals surface area contributed by atoms with Gasteiger partial charge in [-0.2, -0.15) is 0 Å². The third-order valence-corrected chi connectivity index (χ3v) is 11.1. The maximum absolute atomic E-state index is 12.9. The molecule has 0 aromatic heterocycles. The van der Waals surface area contributed by atoms with Crippen LogP contribution in [0.2, 0.25) is 0 Å². The van der Waals surface area contributed by atoms with Crippen molar-refractivity contribution in [2.45, 2.75) is 89.7 Å². The molecular formula is C31H44Cl2N2O3. The van der Waals surface area contributed by atoms with E-state index >= 15 is 0 Å². The Labute approximate surface area is 238 Å². The van der Waals surface area contributed by atoms with Crippen LogP contribution >= 0.6 is 23.2 Å². The van der Waals surface area contributed by atoms with E-state index in [-0.39, 0.29) is 23.5 Å². The Bertz CT molecular complexity index is 997. The summed E-state index contributed by atoms with van der Waals surface area (Å²) in [5, 5.41) is 3.37. The Morgan fingerprint density at radius 2 is 1.74 bits per heavy atom. The van der Waals surface area contributed by atoms with Gasteiger partial charge in [0, 0.05) is 42.5 Å². The molecule has 210 valence electrons. The van der Waals surface area contributed by atoms with Gasteiger partial charge in [0.15, 0.2) is 0 Å². The molecule has 1 aliphatic heterocycles. The maximum Gasteiger partial charge on any atom is 0.310 e. The van der Waals surface area contributed by atoms with Crippen LogP contribution in [0.5, 0.6) is 0 Å². The van der Waals surface area contributed by atoms with Crippen LogP contribution in [-0.4, -0.2) is 48.4 Å². The summed E-state index contributed by atoms with van der Waals surface area (Å²) in [6.07, 6.45) is 9.93. The van der Waals surface area contributed by atoms with Gasteiger partial charge in [-0.15, -0.1) is 23.2 Å². The largest absolute Gasteiger partial charge is 0.462 e. The highest BCUT2D eigenvalue weighted by Gasteiger charge is 2.58. The second-order valence-corrected chi connectivity index (χ2v) is 13.6. The zero-order chi connectivity index (χ0) is 26.9. The van der Waals surface area contributed by atoms with Crippen LogP contribution < -0.4 is 10.2 Å². The zero-order valence-electron chi connectivity index (χ0n) is 23.0. The quantitative estimate of drug-likeness (QED) is 0.297. The van der Waals surface area contributed by atoms with Gasteiger partial charge in [-0.1, -0.05) is 19.1 Å². The van der Waals surface area contributed by atoms with Crippen LogP contribution in [-0.2, 0) is 20.7 Å². The topological polar surface area (TPSA) is 58.6 Å². The van der Waals surface area contributed by atoms with E-state index in [4.69, 9.17) is 27.9 Å². The fraction of sp³-hybridized carbons (Fsp3) is 0.742. The van der Waals surface area contributed by atoms with E-state index in [1.165, 1.54) is 19.3 Å². The Morgan fingerprint density at radius 3 is 2.45 bits per heavy atom. The second kappa shape index (κ2) is 11.6. The molecule has 0 spiro atoms. The number of rotatable bonds is 8. The van der Waals surface area contributed by atoms with Crippen molar-refractivity contribution in [1.82, 2.24) is 5.32 Å². The molecule has 1 heterocycles. The third-order valence-electron chi connectivity index (χ3n) is 10.8. The van der Waals surface area contributed by atoms with Gasteiger partial charge < -0.3 is 15.0 Å². The summed E-state index contributed by atoms with van der Waals surface area (Å²) < 4.78 is 6.06. The van der Waals surface area contributed by atoms with Crippen LogP contribution in [0.1, 0.15) is 77.2 Å². The summed E-state index contributed by atoms with van der Waals surface area (Å²) in [5.74, 6) is 3.87. The van der Waals surface area contributed by atoms with Gasteiger partial charge in [0.1, 0.15) is 6.10 Å². The van der Waals surface area contributed by atoms with Crippen LogP contribution in [0.15, 0.2) is 24.3 Å². The van der Waals surface area contributed by atoms with Crippen LogP contribution in [0.3, 0.4) is 0 Å². The predicted molar refractivity (Wildman–Crippen MR) is 154 cm³/mol. The van der Waals surface area contributed by atoms with Crippen LogP contribution in [0.4, 0.5) is 5.69 Å². The van der Waals surface area contributed by atoms with E-state index in [1.807, 2.05) is 24.3 Å². The first-order valence-electron chi connectivity index (χ1n) is 14.7. The average molecular weight is 564 g/mol. The van der Waals surface area contributed by atoms with E-state index in [2.05, 4.69) is 24.1 Å². The van der Waals surface area contributed by atoms with Gasteiger partial charge in [-0.3, -0.25) is 9.59 Å². The van der Waals surface area contributed by atoms with Crippen molar-refractivity contribution < 1.29 is 14.3 Å². The van der Waals surface area contributed by atoms with Gasteiger partial charge in [0.2, 0.25) is 5.91 Å². The molecule has 0 bridgehead atoms. The van der Waals surface area contributed by atoms with Crippen molar-refractivity contribution in [3.05, 3.63) is 29.8 Å². The summed E-state index contributed by atoms with van der Waals surface area (Å²) >= 11 is 11.9. The van der Waals surface area contributed by atoms with E-state index in [0.717, 1.165) is 62.4 Å². The molecule has 3 aliphatic carbocycles. The lowest BCUT2D eigenvalue weighted by Gasteiger charge is -2.62. The molecule has 1 amide bonds. The number of anilines is 1. The average Bonchev–Trinajstić information content (AvgIpc) is 2.88. The minimum atomic E-state index is -0.121. The Morgan fingerprint density at radius 1 is 1.00 bits per heavy atom. The van der Waals surface area contributed by atoms with Gasteiger partial charge in [-0.05, 0) is 105 Å². The summed E-state index contributed by atoms with van der Waals surface area (Å²) in [6.45, 7) is 6.31. The van der Waals surface area contributed by atoms with Crippen molar-refractivity contribution in [1.29, 1.82) is 0 Å². The lowest BCUT2D eigenvalue weighted by atomic mass is 9.45. The molecule has 1 aromatic carbocycles. The molecule has 4 fully saturated rings. The van der Waals surface area contributed by atoms with E-state index in [0.29, 0.717) is 47.8 Å². The zero-order valence-corrected chi connectivity index (χ0v) is 24.5. The normalized spacial score (nSPS) is 36.3. The van der Waals surface area contributed by atoms with E-state index in [9.17, 15) is 9.59 Å². The number of nitrogens with zero attached hydrogens (tertiary/aromatic N) is 1. The molecule has 38 heavy (non-hydrogen) atoms. The summed E-state index contributed by atoms with van der Waals surface area (Å²) in [5.41, 5.74) is 2.35. The number of hydrogen-bond donors (Lipinski definition) is 1. The lowest BCUT2D eigenvalue weighted by Crippen LogP contribution is -2.63. The highest BCUT2D eigenvalue weighted by atomic mass is 35.5. The van der Waals surface area contributed by atoms with Crippen molar-refractivity contribution in [3.63, 3.8) is 0 Å². The van der Waals surface area contributed by atoms with Crippen molar-refractivity contribution in [2.24, 2.45) is 29.1 Å². The van der Waals surface area contributed by atoms with E-state index < -0.39 is 0 Å². The summed E-state index contributed by atoms with van der Waals surface area (Å²) in [7, 11) is 0. The van der Waals surface area contributed by atoms with Crippen molar-refractivity contribution in [2.75, 3.05) is 29.7 Å². The minimum Gasteiger partial charge on any atom is -0.462 e. The van der Waals surface area contributed by atoms with Gasteiger partial charge >= 0.3 is 5.97 Å². The number of piperidine rings is 1. The molecular weight excluding hydrogens is 519 g/mol. The number of esters is 1. The van der Waals surface area contributed by atoms with Gasteiger partial charge in [0.25, 0.3) is 0 Å². The Hall–Kier alpha value is -1.46. The SMILES string of the molecule is C[C@]12CC[C@H](OC(=O)Cc3ccc(N(CCCl)CCCl)cc3)C[C@@H]1CC[C@H]1[C@H]3CCC(=O)N[C@]3(C)CC[C@@H]12. The second-order valence-electron chi connectivity index (χ2n) is 12.8. The molecule has 0 radical (unpaired) electrons. The number of amides is 1. The molecule has 1 saturated heterocycles. The molecule has 7 heteroatoms. The number of ether oxygens (including phenoxy) is 1. The first-order chi connectivity index (χ1) is 18.3. The molecule has 7 atom stereocenters. The number of benzene rings is 1. The number of halogens is 2. The molecule has 0 unspecified atom stereocenters. The number of nitrogens with one attached hydrogen (secondary N) is 1. The Balaban J connectivity index is 1.16. The summed E-state index contributed by atoms with van der Waals surface area (Å²) in [6, 6.07) is 8.10. The molecule has 3 saturated carbocycles. The number of alkyl halides is 2. The van der Waals surface area contributed by atoms with Gasteiger partial charge in [-0.25, -0.2) is 0 Å². The molecule has 5 nitrogen and oxygen atoms in total. The standard InChI is InChI=1S/C31H44Cl2N2O3/c1-30-13-11-24(38-29(37)19-21-3-6-23(7-4-21)35(17-15-32)18-16-33)20-22(30)5-8-25-26(30)12-14-31(2)27(25)9-10-28(36)34-31/h3-4,6-7,22,24-27H,5,8-20H2,1-2H3,(H,34,36)/t22-,24-,25+,26-,27+,30-,31+/m0/s1. The number of carbonyl (C=O) groups excluding carboxylic acids is 2. The highest BCUT2D eigenvalue weighted by molar-refractivity contribution is 6.18. The lowest BCUT2D eigenvalue weighted by molar-refractivity contribution is -0.162. The number of carbonyl (C=O) groups is 2. The summed E-state index contributed by atoms with van der Waals surface area (Å²) in [4.78, 5) is 27.2. The highest BCUT2D eigenvalue weighted by Crippen LogP contribution is 2.62. The van der Waals surface area contributed by atoms with E-state index in [1.54, 1.807) is 0 Å². The maximum atomic E-state index is 12.9. The van der Waals surface area contributed by atoms with Crippen molar-refractivity contribution in [3.8, 4) is 0 Å². The first-order valence-corrected chi connectivity index (χ1v) is 15.8. The molecule has 5 rings (SSSR count). The van der Waals surface area contributed by atoms with Crippen molar-refractivity contribution >= 4 is 40.8 Å². The number of fused-ring (bicyclic) bond motifs is 5. The molecule has 1 aromatic rings. The fourth-order valence-electron chi connectivity index (χ4n) is 8.79. The smallest absolute Gasteiger partial charge is 0.310 e. The minimum absolute atomic E-state index is 0.0167. The third kappa shape index (κ3) is 5.57. The molecule has 1 N–H and O–H groups in total. The number of hydrogen-bond acceptors (Lipinski definition) is 4. The van der Waals surface area contributed by atoms with Crippen LogP contribution in [0, 0.1) is 29.1 Å². The predicted octanol–water partition coefficient (Wildman–Crippen LogP) is 6.34. The van der Waals surface area contributed by atoms with Gasteiger partial charge in [0.05, 0.1) is 6.42 Å². The van der Waals surface area contributed by atoms with Crippen LogP contribution in [0.25, 0.3) is 0 Å².